The molecule has 156 valence electrons. The molecule has 0 heterocycles. The van der Waals surface area contributed by atoms with Crippen molar-refractivity contribution in [3.05, 3.63) is 69.7 Å². The SMILES string of the molecule is CN(CCCc1ccc2c(c1)C(Cc1ccc(Cl)cc1)C(N)CC2)SCC1CC1. The molecule has 2 aliphatic rings. The molecule has 29 heavy (non-hydrogen) atoms. The van der Waals surface area contributed by atoms with E-state index in [0.717, 1.165) is 43.2 Å². The number of nitrogens with two attached hydrogens (primary N) is 1. The first-order valence-corrected chi connectivity index (χ1v) is 12.4. The molecule has 0 aliphatic heterocycles. The van der Waals surface area contributed by atoms with Crippen LogP contribution in [-0.2, 0) is 19.3 Å². The maximum atomic E-state index is 6.59. The van der Waals surface area contributed by atoms with Crippen LogP contribution >= 0.6 is 23.5 Å². The number of fused-ring (bicyclic) bond motifs is 1. The summed E-state index contributed by atoms with van der Waals surface area (Å²) in [7, 11) is 2.24. The smallest absolute Gasteiger partial charge is 0.0406 e. The highest BCUT2D eigenvalue weighted by molar-refractivity contribution is 7.97. The third-order valence-electron chi connectivity index (χ3n) is 6.41. The molecule has 0 radical (unpaired) electrons. The summed E-state index contributed by atoms with van der Waals surface area (Å²) in [5, 5.41) is 0.796. The molecule has 1 saturated carbocycles. The van der Waals surface area contributed by atoms with Crippen LogP contribution in [0, 0.1) is 5.92 Å². The van der Waals surface area contributed by atoms with Crippen LogP contribution in [0.1, 0.15) is 53.9 Å². The van der Waals surface area contributed by atoms with Crippen LogP contribution in [0.4, 0.5) is 0 Å². The van der Waals surface area contributed by atoms with Crippen LogP contribution in [-0.4, -0.2) is 29.7 Å². The lowest BCUT2D eigenvalue weighted by atomic mass is 9.76. The summed E-state index contributed by atoms with van der Waals surface area (Å²) in [6.07, 6.45) is 8.41. The maximum Gasteiger partial charge on any atom is 0.0406 e. The lowest BCUT2D eigenvalue weighted by Crippen LogP contribution is -2.34. The van der Waals surface area contributed by atoms with Crippen molar-refractivity contribution in [2.75, 3.05) is 19.3 Å². The molecule has 0 amide bonds. The van der Waals surface area contributed by atoms with Crippen molar-refractivity contribution in [1.29, 1.82) is 0 Å². The summed E-state index contributed by atoms with van der Waals surface area (Å²) in [6.45, 7) is 1.15. The molecule has 2 aromatic carbocycles. The number of halogens is 1. The first kappa shape index (κ1) is 21.2. The molecule has 2 N–H and O–H groups in total. The number of nitrogens with zero attached hydrogens (tertiary/aromatic N) is 1. The summed E-state index contributed by atoms with van der Waals surface area (Å²) in [6, 6.07) is 15.6. The highest BCUT2D eigenvalue weighted by atomic mass is 35.5. The number of benzene rings is 2. The first-order chi connectivity index (χ1) is 14.1. The molecular formula is C25H33ClN2S. The van der Waals surface area contributed by atoms with Gasteiger partial charge in [-0.2, -0.15) is 0 Å². The monoisotopic (exact) mass is 428 g/mol. The van der Waals surface area contributed by atoms with Gasteiger partial charge in [0.1, 0.15) is 0 Å². The van der Waals surface area contributed by atoms with Crippen LogP contribution in [0.3, 0.4) is 0 Å². The Balaban J connectivity index is 1.38. The number of hydrogen-bond donors (Lipinski definition) is 1. The topological polar surface area (TPSA) is 29.3 Å². The van der Waals surface area contributed by atoms with E-state index in [-0.39, 0.29) is 6.04 Å². The van der Waals surface area contributed by atoms with Crippen LogP contribution in [0.25, 0.3) is 0 Å². The quantitative estimate of drug-likeness (QED) is 0.507. The summed E-state index contributed by atoms with van der Waals surface area (Å²) in [5.74, 6) is 2.70. The Morgan fingerprint density at radius 3 is 2.59 bits per heavy atom. The Morgan fingerprint density at radius 1 is 1.07 bits per heavy atom. The van der Waals surface area contributed by atoms with Gasteiger partial charge in [0.2, 0.25) is 0 Å². The van der Waals surface area contributed by atoms with Crippen molar-refractivity contribution < 1.29 is 0 Å². The van der Waals surface area contributed by atoms with Crippen LogP contribution in [0.15, 0.2) is 42.5 Å². The van der Waals surface area contributed by atoms with E-state index >= 15 is 0 Å². The number of rotatable bonds is 9. The van der Waals surface area contributed by atoms with Crippen molar-refractivity contribution >= 4 is 23.5 Å². The van der Waals surface area contributed by atoms with Crippen molar-refractivity contribution in [3.63, 3.8) is 0 Å². The van der Waals surface area contributed by atoms with Gasteiger partial charge < -0.3 is 5.73 Å². The molecule has 0 bridgehead atoms. The van der Waals surface area contributed by atoms with E-state index in [0.29, 0.717) is 5.92 Å². The summed E-state index contributed by atoms with van der Waals surface area (Å²) < 4.78 is 2.43. The third kappa shape index (κ3) is 6.01. The van der Waals surface area contributed by atoms with Crippen molar-refractivity contribution in [2.24, 2.45) is 11.7 Å². The third-order valence-corrected chi connectivity index (χ3v) is 7.90. The molecule has 2 aliphatic carbocycles. The first-order valence-electron chi connectivity index (χ1n) is 11.0. The Kier molecular flexibility index (Phi) is 7.23. The lowest BCUT2D eigenvalue weighted by Gasteiger charge is -2.32. The maximum absolute atomic E-state index is 6.59. The Hall–Kier alpha value is -1.000. The van der Waals surface area contributed by atoms with Crippen LogP contribution in [0.5, 0.6) is 0 Å². The minimum Gasteiger partial charge on any atom is -0.327 e. The lowest BCUT2D eigenvalue weighted by molar-refractivity contribution is 0.467. The Morgan fingerprint density at radius 2 is 1.83 bits per heavy atom. The number of aryl methyl sites for hydroxylation is 2. The van der Waals surface area contributed by atoms with Gasteiger partial charge in [0.25, 0.3) is 0 Å². The standard InChI is InChI=1S/C25H33ClN2S/c1-28(29-17-20-4-5-20)14-2-3-18-6-9-21-10-13-25(27)24(23(21)15-18)16-19-7-11-22(26)12-8-19/h6-9,11-12,15,20,24-25H,2-5,10,13-14,16-17,27H2,1H3. The molecule has 4 rings (SSSR count). The average Bonchev–Trinajstić information content (AvgIpc) is 3.55. The highest BCUT2D eigenvalue weighted by Gasteiger charge is 2.27. The average molecular weight is 429 g/mol. The van der Waals surface area contributed by atoms with Crippen LogP contribution < -0.4 is 5.73 Å². The second-order valence-electron chi connectivity index (χ2n) is 8.87. The summed E-state index contributed by atoms with van der Waals surface area (Å²) in [4.78, 5) is 0. The predicted octanol–water partition coefficient (Wildman–Crippen LogP) is 5.86. The molecular weight excluding hydrogens is 396 g/mol. The zero-order chi connectivity index (χ0) is 20.2. The number of hydrogen-bond acceptors (Lipinski definition) is 3. The van der Waals surface area contributed by atoms with E-state index in [1.54, 1.807) is 0 Å². The fourth-order valence-corrected chi connectivity index (χ4v) is 5.53. The highest BCUT2D eigenvalue weighted by Crippen LogP contribution is 2.35. The van der Waals surface area contributed by atoms with Crippen LogP contribution in [0.2, 0.25) is 5.02 Å². The van der Waals surface area contributed by atoms with Gasteiger partial charge >= 0.3 is 0 Å². The molecule has 0 spiro atoms. The normalized spacial score (nSPS) is 21.4. The largest absolute Gasteiger partial charge is 0.327 e. The van der Waals surface area contributed by atoms with Gasteiger partial charge in [0, 0.05) is 29.3 Å². The molecule has 1 fully saturated rings. The molecule has 2 aromatic rings. The predicted molar refractivity (Wildman–Crippen MR) is 127 cm³/mol. The van der Waals surface area contributed by atoms with Gasteiger partial charge in [-0.3, -0.25) is 4.31 Å². The molecule has 2 nitrogen and oxygen atoms in total. The summed E-state index contributed by atoms with van der Waals surface area (Å²) in [5.41, 5.74) is 12.3. The minimum atomic E-state index is 0.235. The van der Waals surface area contributed by atoms with Gasteiger partial charge in [-0.1, -0.05) is 53.9 Å². The molecule has 4 heteroatoms. The molecule has 2 unspecified atom stereocenters. The van der Waals surface area contributed by atoms with Crippen molar-refractivity contribution in [2.45, 2.75) is 56.9 Å². The zero-order valence-corrected chi connectivity index (χ0v) is 19.0. The molecule has 0 aromatic heterocycles. The van der Waals surface area contributed by atoms with E-state index in [4.69, 9.17) is 17.3 Å². The van der Waals surface area contributed by atoms with E-state index in [9.17, 15) is 0 Å². The van der Waals surface area contributed by atoms with Gasteiger partial charge in [0.15, 0.2) is 0 Å². The van der Waals surface area contributed by atoms with Crippen molar-refractivity contribution in [3.8, 4) is 0 Å². The van der Waals surface area contributed by atoms with E-state index in [2.05, 4.69) is 41.7 Å². The minimum absolute atomic E-state index is 0.235. The fraction of sp³-hybridized carbons (Fsp3) is 0.520. The Labute approximate surface area is 185 Å². The fourth-order valence-electron chi connectivity index (χ4n) is 4.35. The van der Waals surface area contributed by atoms with Gasteiger partial charge in [-0.05, 0) is 92.3 Å². The van der Waals surface area contributed by atoms with E-state index in [1.807, 2.05) is 24.1 Å². The Bertz CT molecular complexity index is 803. The van der Waals surface area contributed by atoms with Gasteiger partial charge in [-0.15, -0.1) is 0 Å². The van der Waals surface area contributed by atoms with E-state index in [1.165, 1.54) is 47.3 Å². The zero-order valence-electron chi connectivity index (χ0n) is 17.4. The van der Waals surface area contributed by atoms with Gasteiger partial charge in [-0.25, -0.2) is 0 Å². The second kappa shape index (κ2) is 9.87. The van der Waals surface area contributed by atoms with E-state index < -0.39 is 0 Å². The second-order valence-corrected chi connectivity index (χ2v) is 10.5. The van der Waals surface area contributed by atoms with Gasteiger partial charge in [0.05, 0.1) is 0 Å². The molecule has 2 atom stereocenters. The molecule has 0 saturated heterocycles. The van der Waals surface area contributed by atoms with Crippen molar-refractivity contribution in [1.82, 2.24) is 4.31 Å². The summed E-state index contributed by atoms with van der Waals surface area (Å²) >= 11 is 8.08.